The van der Waals surface area contributed by atoms with Gasteiger partial charge in [0.25, 0.3) is 0 Å². The van der Waals surface area contributed by atoms with Crippen LogP contribution in [-0.4, -0.2) is 5.11 Å². The molecule has 0 aliphatic rings. The fourth-order valence-corrected chi connectivity index (χ4v) is 2.89. The van der Waals surface area contributed by atoms with Crippen LogP contribution in [0.5, 0.6) is 0 Å². The molecule has 0 fully saturated rings. The fourth-order valence-electron chi connectivity index (χ4n) is 2.89. The molecule has 0 saturated carbocycles. The molecule has 0 spiro atoms. The minimum absolute atomic E-state index is 0.0302. The highest BCUT2D eigenvalue weighted by molar-refractivity contribution is 5.30. The second-order valence-electron chi connectivity index (χ2n) is 5.83. The van der Waals surface area contributed by atoms with Crippen molar-refractivity contribution in [2.75, 3.05) is 0 Å². The average Bonchev–Trinajstić information content (AvgIpc) is 2.47. The van der Waals surface area contributed by atoms with Gasteiger partial charge in [-0.25, -0.2) is 4.39 Å². The lowest BCUT2D eigenvalue weighted by Crippen LogP contribution is -2.18. The Hall–Kier alpha value is -1.67. The fraction of sp³-hybridized carbons (Fsp3) is 0.368. The first-order chi connectivity index (χ1) is 10.0. The van der Waals surface area contributed by atoms with Crippen molar-refractivity contribution in [1.82, 2.24) is 0 Å². The van der Waals surface area contributed by atoms with Gasteiger partial charge in [-0.15, -0.1) is 0 Å². The molecule has 0 bridgehead atoms. The third-order valence-electron chi connectivity index (χ3n) is 4.19. The Labute approximate surface area is 126 Å². The summed E-state index contributed by atoms with van der Waals surface area (Å²) >= 11 is 0. The van der Waals surface area contributed by atoms with Crippen molar-refractivity contribution >= 4 is 0 Å². The molecule has 0 radical (unpaired) electrons. The zero-order valence-corrected chi connectivity index (χ0v) is 12.9. The minimum Gasteiger partial charge on any atom is -0.388 e. The van der Waals surface area contributed by atoms with E-state index in [0.717, 1.165) is 17.5 Å². The first-order valence-electron chi connectivity index (χ1n) is 7.53. The third kappa shape index (κ3) is 3.70. The highest BCUT2D eigenvalue weighted by atomic mass is 19.1. The average molecular weight is 286 g/mol. The van der Waals surface area contributed by atoms with Gasteiger partial charge in [-0.1, -0.05) is 56.7 Å². The molecule has 0 aromatic heterocycles. The van der Waals surface area contributed by atoms with Crippen molar-refractivity contribution in [3.05, 3.63) is 71.0 Å². The Morgan fingerprint density at radius 2 is 1.71 bits per heavy atom. The van der Waals surface area contributed by atoms with Gasteiger partial charge in [0.2, 0.25) is 0 Å². The first-order valence-corrected chi connectivity index (χ1v) is 7.53. The van der Waals surface area contributed by atoms with Crippen LogP contribution in [0.1, 0.15) is 49.0 Å². The lowest BCUT2D eigenvalue weighted by molar-refractivity contribution is 0.117. The minimum atomic E-state index is -0.697. The molecule has 21 heavy (non-hydrogen) atoms. The summed E-state index contributed by atoms with van der Waals surface area (Å²) in [7, 11) is 0. The van der Waals surface area contributed by atoms with Crippen molar-refractivity contribution in [1.29, 1.82) is 0 Å². The predicted molar refractivity (Wildman–Crippen MR) is 84.7 cm³/mol. The Balaban J connectivity index is 2.41. The zero-order valence-electron chi connectivity index (χ0n) is 12.9. The van der Waals surface area contributed by atoms with Crippen LogP contribution in [0, 0.1) is 18.7 Å². The zero-order chi connectivity index (χ0) is 15.4. The molecular weight excluding hydrogens is 263 g/mol. The summed E-state index contributed by atoms with van der Waals surface area (Å²) < 4.78 is 13.6. The summed E-state index contributed by atoms with van der Waals surface area (Å²) in [6.45, 7) is 6.09. The third-order valence-corrected chi connectivity index (χ3v) is 4.19. The molecule has 0 aliphatic heterocycles. The molecule has 2 aromatic carbocycles. The maximum absolute atomic E-state index is 13.6. The summed E-state index contributed by atoms with van der Waals surface area (Å²) in [5, 5.41) is 10.8. The summed E-state index contributed by atoms with van der Waals surface area (Å²) in [6, 6.07) is 14.8. The second kappa shape index (κ2) is 6.86. The van der Waals surface area contributed by atoms with Gasteiger partial charge in [0.05, 0.1) is 6.10 Å². The van der Waals surface area contributed by atoms with E-state index < -0.39 is 6.10 Å². The van der Waals surface area contributed by atoms with Crippen molar-refractivity contribution in [3.8, 4) is 0 Å². The Morgan fingerprint density at radius 1 is 1.05 bits per heavy atom. The summed E-state index contributed by atoms with van der Waals surface area (Å²) in [5.41, 5.74) is 2.59. The van der Waals surface area contributed by atoms with E-state index in [9.17, 15) is 9.50 Å². The lowest BCUT2D eigenvalue weighted by atomic mass is 9.79. The van der Waals surface area contributed by atoms with Crippen LogP contribution in [0.15, 0.2) is 48.5 Å². The molecule has 0 saturated heterocycles. The smallest absolute Gasteiger partial charge is 0.123 e. The molecule has 2 heteroatoms. The topological polar surface area (TPSA) is 20.2 Å². The van der Waals surface area contributed by atoms with E-state index in [2.05, 4.69) is 13.8 Å². The number of hydrogen-bond donors (Lipinski definition) is 1. The molecular formula is C19H23FO. The van der Waals surface area contributed by atoms with Crippen LogP contribution in [0.4, 0.5) is 4.39 Å². The quantitative estimate of drug-likeness (QED) is 0.820. The Kier molecular flexibility index (Phi) is 5.13. The molecule has 0 heterocycles. The number of aliphatic hydroxyl groups is 1. The van der Waals surface area contributed by atoms with Crippen molar-refractivity contribution in [2.24, 2.45) is 5.92 Å². The van der Waals surface area contributed by atoms with Crippen LogP contribution < -0.4 is 0 Å². The molecule has 2 rings (SSSR count). The van der Waals surface area contributed by atoms with E-state index in [4.69, 9.17) is 0 Å². The van der Waals surface area contributed by atoms with Crippen LogP contribution in [0.25, 0.3) is 0 Å². The van der Waals surface area contributed by atoms with Gasteiger partial charge < -0.3 is 5.11 Å². The Morgan fingerprint density at radius 3 is 2.29 bits per heavy atom. The van der Waals surface area contributed by atoms with E-state index in [1.807, 2.05) is 43.3 Å². The van der Waals surface area contributed by atoms with E-state index in [-0.39, 0.29) is 11.7 Å². The van der Waals surface area contributed by atoms with Gasteiger partial charge in [0, 0.05) is 5.92 Å². The molecule has 0 amide bonds. The molecule has 3 unspecified atom stereocenters. The maximum Gasteiger partial charge on any atom is 0.123 e. The summed E-state index contributed by atoms with van der Waals surface area (Å²) in [4.78, 5) is 0. The number of aliphatic hydroxyl groups excluding tert-OH is 1. The highest BCUT2D eigenvalue weighted by Crippen LogP contribution is 2.38. The second-order valence-corrected chi connectivity index (χ2v) is 5.83. The van der Waals surface area contributed by atoms with E-state index >= 15 is 0 Å². The van der Waals surface area contributed by atoms with Gasteiger partial charge in [-0.3, -0.25) is 0 Å². The number of aryl methyl sites for hydroxylation is 1. The van der Waals surface area contributed by atoms with Gasteiger partial charge >= 0.3 is 0 Å². The van der Waals surface area contributed by atoms with Gasteiger partial charge in [0.15, 0.2) is 0 Å². The Bertz CT molecular complexity index is 559. The molecule has 2 aromatic rings. The normalized spacial score (nSPS) is 15.5. The van der Waals surface area contributed by atoms with Crippen LogP contribution in [0.2, 0.25) is 0 Å². The SMILES string of the molecule is CCC(C)C(c1ccccc1)C(O)c1cc(C)cc(F)c1. The first kappa shape index (κ1) is 15.7. The van der Waals surface area contributed by atoms with Crippen LogP contribution in [0.3, 0.4) is 0 Å². The molecule has 1 N–H and O–H groups in total. The highest BCUT2D eigenvalue weighted by Gasteiger charge is 2.27. The summed E-state index contributed by atoms with van der Waals surface area (Å²) in [6.07, 6.45) is 0.266. The number of hydrogen-bond acceptors (Lipinski definition) is 1. The van der Waals surface area contributed by atoms with Crippen LogP contribution >= 0.6 is 0 Å². The van der Waals surface area contributed by atoms with Crippen molar-refractivity contribution in [3.63, 3.8) is 0 Å². The number of halogens is 1. The molecule has 3 atom stereocenters. The van der Waals surface area contributed by atoms with E-state index in [1.165, 1.54) is 12.1 Å². The largest absolute Gasteiger partial charge is 0.388 e. The maximum atomic E-state index is 13.6. The van der Waals surface area contributed by atoms with Crippen molar-refractivity contribution in [2.45, 2.75) is 39.2 Å². The molecule has 0 aliphatic carbocycles. The lowest BCUT2D eigenvalue weighted by Gasteiger charge is -2.29. The monoisotopic (exact) mass is 286 g/mol. The van der Waals surface area contributed by atoms with E-state index in [0.29, 0.717) is 11.5 Å². The van der Waals surface area contributed by atoms with E-state index in [1.54, 1.807) is 0 Å². The van der Waals surface area contributed by atoms with Gasteiger partial charge in [-0.05, 0) is 41.7 Å². The predicted octanol–water partition coefficient (Wildman–Crippen LogP) is 5.00. The van der Waals surface area contributed by atoms with Gasteiger partial charge in [-0.2, -0.15) is 0 Å². The molecule has 112 valence electrons. The standard InChI is InChI=1S/C19H23FO/c1-4-14(3)18(15-8-6-5-7-9-15)19(21)16-10-13(2)11-17(20)12-16/h5-12,14,18-19,21H,4H2,1-3H3. The molecule has 1 nitrogen and oxygen atoms in total. The van der Waals surface area contributed by atoms with Crippen LogP contribution in [-0.2, 0) is 0 Å². The van der Waals surface area contributed by atoms with Crippen molar-refractivity contribution < 1.29 is 9.50 Å². The van der Waals surface area contributed by atoms with Gasteiger partial charge in [0.1, 0.15) is 5.82 Å². The number of rotatable bonds is 5. The number of benzene rings is 2. The summed E-state index contributed by atoms with van der Waals surface area (Å²) in [5.74, 6) is -0.0108.